The number of piperidine rings is 1. The summed E-state index contributed by atoms with van der Waals surface area (Å²) < 4.78 is 13.8. The van der Waals surface area contributed by atoms with Crippen LogP contribution in [0, 0.1) is 11.7 Å². The average molecular weight is 410 g/mol. The summed E-state index contributed by atoms with van der Waals surface area (Å²) in [4.78, 5) is 27.2. The van der Waals surface area contributed by atoms with E-state index in [1.54, 1.807) is 24.3 Å². The fraction of sp³-hybridized carbons (Fsp3) is 0.417. The van der Waals surface area contributed by atoms with Crippen LogP contribution in [0.25, 0.3) is 0 Å². The first-order valence-electron chi connectivity index (χ1n) is 10.8. The molecule has 1 saturated heterocycles. The summed E-state index contributed by atoms with van der Waals surface area (Å²) in [7, 11) is 0. The summed E-state index contributed by atoms with van der Waals surface area (Å²) in [5.74, 6) is -0.124. The van der Waals surface area contributed by atoms with Gasteiger partial charge in [0, 0.05) is 42.8 Å². The number of para-hydroxylation sites is 1. The second kappa shape index (κ2) is 9.28. The van der Waals surface area contributed by atoms with E-state index < -0.39 is 0 Å². The largest absolute Gasteiger partial charge is 0.371 e. The number of carbonyl (C=O) groups excluding carboxylic acids is 2. The fourth-order valence-corrected chi connectivity index (χ4v) is 4.11. The van der Waals surface area contributed by atoms with E-state index >= 15 is 0 Å². The van der Waals surface area contributed by atoms with E-state index in [0.29, 0.717) is 11.1 Å². The minimum Gasteiger partial charge on any atom is -0.371 e. The van der Waals surface area contributed by atoms with Gasteiger partial charge in [0.15, 0.2) is 0 Å². The lowest BCUT2D eigenvalue weighted by Gasteiger charge is -2.36. The molecule has 158 valence electrons. The van der Waals surface area contributed by atoms with Gasteiger partial charge >= 0.3 is 0 Å². The molecule has 0 spiro atoms. The molecule has 1 saturated carbocycles. The van der Waals surface area contributed by atoms with E-state index in [0.717, 1.165) is 50.9 Å². The SMILES string of the molecule is O=C(NCc1ccccc1F)c1ccccc1N1CCC(NC(=O)C2CCC2)CC1. The average Bonchev–Trinajstić information content (AvgIpc) is 2.72. The molecule has 0 radical (unpaired) electrons. The number of nitrogens with one attached hydrogen (secondary N) is 2. The van der Waals surface area contributed by atoms with Gasteiger partial charge in [0.25, 0.3) is 5.91 Å². The van der Waals surface area contributed by atoms with Crippen molar-refractivity contribution in [2.24, 2.45) is 5.92 Å². The second-order valence-electron chi connectivity index (χ2n) is 8.19. The fourth-order valence-electron chi connectivity index (χ4n) is 4.11. The number of nitrogens with zero attached hydrogens (tertiary/aromatic N) is 1. The summed E-state index contributed by atoms with van der Waals surface area (Å²) in [5, 5.41) is 6.03. The van der Waals surface area contributed by atoms with Gasteiger partial charge in [-0.25, -0.2) is 4.39 Å². The third kappa shape index (κ3) is 4.64. The van der Waals surface area contributed by atoms with Gasteiger partial charge in [-0.3, -0.25) is 9.59 Å². The molecule has 1 heterocycles. The third-order valence-corrected chi connectivity index (χ3v) is 6.20. The highest BCUT2D eigenvalue weighted by molar-refractivity contribution is 5.99. The van der Waals surface area contributed by atoms with Crippen LogP contribution >= 0.6 is 0 Å². The lowest BCUT2D eigenvalue weighted by atomic mass is 9.84. The van der Waals surface area contributed by atoms with Crippen molar-refractivity contribution >= 4 is 17.5 Å². The predicted octanol–water partition coefficient (Wildman–Crippen LogP) is 3.64. The maximum absolute atomic E-state index is 13.8. The quantitative estimate of drug-likeness (QED) is 0.766. The molecule has 0 atom stereocenters. The van der Waals surface area contributed by atoms with Gasteiger partial charge in [-0.1, -0.05) is 36.8 Å². The van der Waals surface area contributed by atoms with Crippen molar-refractivity contribution in [1.82, 2.24) is 10.6 Å². The molecule has 4 rings (SSSR count). The van der Waals surface area contributed by atoms with Crippen molar-refractivity contribution in [2.45, 2.75) is 44.7 Å². The smallest absolute Gasteiger partial charge is 0.253 e. The molecule has 1 aliphatic carbocycles. The van der Waals surface area contributed by atoms with Gasteiger partial charge in [-0.15, -0.1) is 0 Å². The van der Waals surface area contributed by atoms with E-state index in [2.05, 4.69) is 15.5 Å². The van der Waals surface area contributed by atoms with Crippen molar-refractivity contribution in [1.29, 1.82) is 0 Å². The molecule has 2 aliphatic rings. The van der Waals surface area contributed by atoms with Crippen LogP contribution in [-0.2, 0) is 11.3 Å². The Balaban J connectivity index is 1.35. The van der Waals surface area contributed by atoms with Crippen LogP contribution in [0.15, 0.2) is 48.5 Å². The van der Waals surface area contributed by atoms with Crippen LogP contribution in [0.2, 0.25) is 0 Å². The molecule has 2 aromatic rings. The maximum Gasteiger partial charge on any atom is 0.253 e. The van der Waals surface area contributed by atoms with Gasteiger partial charge in [-0.05, 0) is 43.9 Å². The Kier molecular flexibility index (Phi) is 6.31. The Morgan fingerprint density at radius 3 is 2.37 bits per heavy atom. The second-order valence-corrected chi connectivity index (χ2v) is 8.19. The molecule has 2 fully saturated rings. The number of anilines is 1. The van der Waals surface area contributed by atoms with Crippen LogP contribution in [0.5, 0.6) is 0 Å². The van der Waals surface area contributed by atoms with Gasteiger partial charge < -0.3 is 15.5 Å². The topological polar surface area (TPSA) is 61.4 Å². The predicted molar refractivity (Wildman–Crippen MR) is 115 cm³/mol. The molecular formula is C24H28FN3O2. The van der Waals surface area contributed by atoms with Crippen molar-refractivity contribution in [3.05, 3.63) is 65.5 Å². The van der Waals surface area contributed by atoms with Gasteiger partial charge in [0.1, 0.15) is 5.82 Å². The first-order chi connectivity index (χ1) is 14.6. The van der Waals surface area contributed by atoms with Crippen LogP contribution in [-0.4, -0.2) is 30.9 Å². The lowest BCUT2D eigenvalue weighted by Crippen LogP contribution is -2.47. The van der Waals surface area contributed by atoms with E-state index in [-0.39, 0.29) is 36.1 Å². The Hall–Kier alpha value is -2.89. The number of rotatable bonds is 6. The summed E-state index contributed by atoms with van der Waals surface area (Å²) in [6.45, 7) is 1.72. The number of hydrogen-bond donors (Lipinski definition) is 2. The molecule has 2 N–H and O–H groups in total. The Morgan fingerprint density at radius 2 is 1.67 bits per heavy atom. The highest BCUT2D eigenvalue weighted by Gasteiger charge is 2.29. The molecule has 0 bridgehead atoms. The maximum atomic E-state index is 13.8. The highest BCUT2D eigenvalue weighted by Crippen LogP contribution is 2.28. The molecule has 1 aliphatic heterocycles. The van der Waals surface area contributed by atoms with E-state index in [9.17, 15) is 14.0 Å². The minimum atomic E-state index is -0.322. The number of amides is 2. The van der Waals surface area contributed by atoms with Crippen molar-refractivity contribution in [2.75, 3.05) is 18.0 Å². The van der Waals surface area contributed by atoms with Gasteiger partial charge in [-0.2, -0.15) is 0 Å². The molecule has 30 heavy (non-hydrogen) atoms. The monoisotopic (exact) mass is 409 g/mol. The van der Waals surface area contributed by atoms with Crippen LogP contribution in [0.1, 0.15) is 48.0 Å². The summed E-state index contributed by atoms with van der Waals surface area (Å²) in [6.07, 6.45) is 4.92. The molecule has 0 unspecified atom stereocenters. The first-order valence-corrected chi connectivity index (χ1v) is 10.8. The number of halogens is 1. The van der Waals surface area contributed by atoms with Crippen LogP contribution in [0.4, 0.5) is 10.1 Å². The molecule has 0 aromatic heterocycles. The molecule has 2 aromatic carbocycles. The lowest BCUT2D eigenvalue weighted by molar-refractivity contribution is -0.128. The van der Waals surface area contributed by atoms with E-state index in [1.165, 1.54) is 6.07 Å². The van der Waals surface area contributed by atoms with Crippen LogP contribution < -0.4 is 15.5 Å². The van der Waals surface area contributed by atoms with E-state index in [4.69, 9.17) is 0 Å². The summed E-state index contributed by atoms with van der Waals surface area (Å²) in [6, 6.07) is 14.2. The zero-order valence-corrected chi connectivity index (χ0v) is 17.1. The number of carbonyl (C=O) groups is 2. The molecule has 2 amide bonds. The third-order valence-electron chi connectivity index (χ3n) is 6.20. The Labute approximate surface area is 176 Å². The van der Waals surface area contributed by atoms with Crippen molar-refractivity contribution in [3.8, 4) is 0 Å². The Bertz CT molecular complexity index is 905. The number of hydrogen-bond acceptors (Lipinski definition) is 3. The molecular weight excluding hydrogens is 381 g/mol. The normalized spacial score (nSPS) is 17.3. The first kappa shape index (κ1) is 20.4. The van der Waals surface area contributed by atoms with Crippen molar-refractivity contribution in [3.63, 3.8) is 0 Å². The molecule has 6 heteroatoms. The Morgan fingerprint density at radius 1 is 0.967 bits per heavy atom. The summed E-state index contributed by atoms with van der Waals surface area (Å²) >= 11 is 0. The standard InChI is InChI=1S/C24H28FN3O2/c25-21-10-3-1-6-18(21)16-26-24(30)20-9-2-4-11-22(20)28-14-12-19(13-15-28)27-23(29)17-7-5-8-17/h1-4,6,9-11,17,19H,5,7-8,12-16H2,(H,26,30)(H,27,29). The molecule has 5 nitrogen and oxygen atoms in total. The summed E-state index contributed by atoms with van der Waals surface area (Å²) in [5.41, 5.74) is 1.93. The van der Waals surface area contributed by atoms with Gasteiger partial charge in [0.05, 0.1) is 5.56 Å². The number of benzene rings is 2. The van der Waals surface area contributed by atoms with E-state index in [1.807, 2.05) is 18.2 Å². The minimum absolute atomic E-state index is 0.148. The van der Waals surface area contributed by atoms with Gasteiger partial charge in [0.2, 0.25) is 5.91 Å². The van der Waals surface area contributed by atoms with Crippen LogP contribution in [0.3, 0.4) is 0 Å². The zero-order valence-electron chi connectivity index (χ0n) is 17.1. The zero-order chi connectivity index (χ0) is 20.9. The van der Waals surface area contributed by atoms with Crippen molar-refractivity contribution < 1.29 is 14.0 Å². The highest BCUT2D eigenvalue weighted by atomic mass is 19.1.